The van der Waals surface area contributed by atoms with Crippen molar-refractivity contribution in [3.05, 3.63) is 41.7 Å². The Balaban J connectivity index is 1.95. The standard InChI is InChI=1S/C13H16FN/c14-12-7-4-11(5-8-12)6-9-13-3-1-2-10-15-13/h4-9,13,15H,1-3,10H2/b9-6+. The highest BCUT2D eigenvalue weighted by Crippen LogP contribution is 2.10. The normalized spacial score (nSPS) is 22.1. The number of halogens is 1. The van der Waals surface area contributed by atoms with Crippen LogP contribution in [0.4, 0.5) is 4.39 Å². The molecule has 1 aromatic carbocycles. The first-order chi connectivity index (χ1) is 7.34. The minimum atomic E-state index is -0.178. The smallest absolute Gasteiger partial charge is 0.123 e. The van der Waals surface area contributed by atoms with Gasteiger partial charge in [0.15, 0.2) is 0 Å². The van der Waals surface area contributed by atoms with Gasteiger partial charge >= 0.3 is 0 Å². The van der Waals surface area contributed by atoms with Crippen molar-refractivity contribution >= 4 is 6.08 Å². The SMILES string of the molecule is Fc1ccc(/C=C/C2CCCCN2)cc1. The summed E-state index contributed by atoms with van der Waals surface area (Å²) < 4.78 is 12.6. The van der Waals surface area contributed by atoms with Crippen LogP contribution in [-0.4, -0.2) is 12.6 Å². The van der Waals surface area contributed by atoms with Gasteiger partial charge in [0, 0.05) is 6.04 Å². The van der Waals surface area contributed by atoms with E-state index in [-0.39, 0.29) is 5.82 Å². The topological polar surface area (TPSA) is 12.0 Å². The molecule has 1 unspecified atom stereocenters. The minimum Gasteiger partial charge on any atom is -0.311 e. The van der Waals surface area contributed by atoms with Gasteiger partial charge in [0.25, 0.3) is 0 Å². The molecule has 1 atom stereocenters. The molecule has 15 heavy (non-hydrogen) atoms. The molecule has 0 aromatic heterocycles. The van der Waals surface area contributed by atoms with Crippen LogP contribution in [0.2, 0.25) is 0 Å². The molecule has 2 rings (SSSR count). The highest BCUT2D eigenvalue weighted by molar-refractivity contribution is 5.49. The van der Waals surface area contributed by atoms with E-state index in [1.807, 2.05) is 0 Å². The molecule has 1 heterocycles. The summed E-state index contributed by atoms with van der Waals surface area (Å²) in [5.74, 6) is -0.178. The summed E-state index contributed by atoms with van der Waals surface area (Å²) in [6, 6.07) is 7.08. The largest absolute Gasteiger partial charge is 0.311 e. The maximum atomic E-state index is 12.6. The van der Waals surface area contributed by atoms with E-state index in [1.54, 1.807) is 12.1 Å². The van der Waals surface area contributed by atoms with Crippen LogP contribution in [0.25, 0.3) is 6.08 Å². The summed E-state index contributed by atoms with van der Waals surface area (Å²) in [6.45, 7) is 1.11. The molecule has 0 saturated carbocycles. The molecule has 80 valence electrons. The number of hydrogen-bond donors (Lipinski definition) is 1. The van der Waals surface area contributed by atoms with E-state index < -0.39 is 0 Å². The maximum Gasteiger partial charge on any atom is 0.123 e. The van der Waals surface area contributed by atoms with Gasteiger partial charge in [-0.1, -0.05) is 30.7 Å². The molecule has 0 radical (unpaired) electrons. The zero-order chi connectivity index (χ0) is 10.5. The number of benzene rings is 1. The molecule has 2 heteroatoms. The van der Waals surface area contributed by atoms with Gasteiger partial charge in [-0.3, -0.25) is 0 Å². The van der Waals surface area contributed by atoms with Crippen molar-refractivity contribution in [3.8, 4) is 0 Å². The third-order valence-corrected chi connectivity index (χ3v) is 2.74. The highest BCUT2D eigenvalue weighted by atomic mass is 19.1. The van der Waals surface area contributed by atoms with Gasteiger partial charge < -0.3 is 5.32 Å². The lowest BCUT2D eigenvalue weighted by Crippen LogP contribution is -2.31. The van der Waals surface area contributed by atoms with E-state index in [0.717, 1.165) is 12.1 Å². The van der Waals surface area contributed by atoms with Gasteiger partial charge in [-0.15, -0.1) is 0 Å². The molecule has 0 spiro atoms. The molecule has 1 aromatic rings. The lowest BCUT2D eigenvalue weighted by Gasteiger charge is -2.19. The summed E-state index contributed by atoms with van der Waals surface area (Å²) in [5.41, 5.74) is 1.06. The van der Waals surface area contributed by atoms with Crippen LogP contribution < -0.4 is 5.32 Å². The van der Waals surface area contributed by atoms with Crippen molar-refractivity contribution in [2.75, 3.05) is 6.54 Å². The average Bonchev–Trinajstić information content (AvgIpc) is 2.30. The molecular formula is C13H16FN. The van der Waals surface area contributed by atoms with Crippen LogP contribution in [0.15, 0.2) is 30.3 Å². The Morgan fingerprint density at radius 2 is 2.00 bits per heavy atom. The van der Waals surface area contributed by atoms with E-state index in [4.69, 9.17) is 0 Å². The van der Waals surface area contributed by atoms with Gasteiger partial charge in [0.05, 0.1) is 0 Å². The third kappa shape index (κ3) is 3.17. The van der Waals surface area contributed by atoms with E-state index in [1.165, 1.54) is 31.4 Å². The Labute approximate surface area is 90.0 Å². The van der Waals surface area contributed by atoms with Crippen molar-refractivity contribution in [1.82, 2.24) is 5.32 Å². The quantitative estimate of drug-likeness (QED) is 0.782. The van der Waals surface area contributed by atoms with Crippen LogP contribution in [0.5, 0.6) is 0 Å². The van der Waals surface area contributed by atoms with Crippen molar-refractivity contribution in [2.24, 2.45) is 0 Å². The molecule has 1 fully saturated rings. The lowest BCUT2D eigenvalue weighted by atomic mass is 10.0. The van der Waals surface area contributed by atoms with E-state index in [2.05, 4.69) is 17.5 Å². The molecule has 0 aliphatic carbocycles. The Morgan fingerprint density at radius 1 is 1.20 bits per heavy atom. The van der Waals surface area contributed by atoms with E-state index >= 15 is 0 Å². The van der Waals surface area contributed by atoms with E-state index in [9.17, 15) is 4.39 Å². The zero-order valence-electron chi connectivity index (χ0n) is 8.75. The van der Waals surface area contributed by atoms with Gasteiger partial charge in [0.1, 0.15) is 5.82 Å². The van der Waals surface area contributed by atoms with Crippen LogP contribution in [-0.2, 0) is 0 Å². The Hall–Kier alpha value is -1.15. The first-order valence-corrected chi connectivity index (χ1v) is 5.52. The molecule has 1 aliphatic heterocycles. The summed E-state index contributed by atoms with van der Waals surface area (Å²) in [6.07, 6.45) is 8.01. The fourth-order valence-electron chi connectivity index (χ4n) is 1.84. The van der Waals surface area contributed by atoms with Gasteiger partial charge in [-0.25, -0.2) is 4.39 Å². The highest BCUT2D eigenvalue weighted by Gasteiger charge is 2.07. The fraction of sp³-hybridized carbons (Fsp3) is 0.385. The molecule has 1 nitrogen and oxygen atoms in total. The lowest BCUT2D eigenvalue weighted by molar-refractivity contribution is 0.455. The number of rotatable bonds is 2. The van der Waals surface area contributed by atoms with Crippen molar-refractivity contribution < 1.29 is 4.39 Å². The average molecular weight is 205 g/mol. The third-order valence-electron chi connectivity index (χ3n) is 2.74. The summed E-state index contributed by atoms with van der Waals surface area (Å²) in [7, 11) is 0. The Kier molecular flexibility index (Phi) is 3.51. The van der Waals surface area contributed by atoms with Gasteiger partial charge in [-0.05, 0) is 37.1 Å². The molecule has 0 amide bonds. The van der Waals surface area contributed by atoms with Crippen LogP contribution >= 0.6 is 0 Å². The van der Waals surface area contributed by atoms with Crippen LogP contribution in [0, 0.1) is 5.82 Å². The van der Waals surface area contributed by atoms with E-state index in [0.29, 0.717) is 6.04 Å². The molecule has 1 aliphatic rings. The zero-order valence-corrected chi connectivity index (χ0v) is 8.75. The first kappa shape index (κ1) is 10.4. The van der Waals surface area contributed by atoms with Crippen molar-refractivity contribution in [3.63, 3.8) is 0 Å². The maximum absolute atomic E-state index is 12.6. The second kappa shape index (κ2) is 5.08. The minimum absolute atomic E-state index is 0.178. The number of piperidine rings is 1. The molecule has 0 bridgehead atoms. The monoisotopic (exact) mass is 205 g/mol. The van der Waals surface area contributed by atoms with Crippen molar-refractivity contribution in [1.29, 1.82) is 0 Å². The van der Waals surface area contributed by atoms with Crippen molar-refractivity contribution in [2.45, 2.75) is 25.3 Å². The predicted molar refractivity (Wildman–Crippen MR) is 61.1 cm³/mol. The summed E-state index contributed by atoms with van der Waals surface area (Å²) in [5, 5.41) is 3.44. The summed E-state index contributed by atoms with van der Waals surface area (Å²) >= 11 is 0. The van der Waals surface area contributed by atoms with Gasteiger partial charge in [0.2, 0.25) is 0 Å². The summed E-state index contributed by atoms with van der Waals surface area (Å²) in [4.78, 5) is 0. The first-order valence-electron chi connectivity index (χ1n) is 5.52. The van der Waals surface area contributed by atoms with Crippen LogP contribution in [0.3, 0.4) is 0 Å². The molecule has 1 N–H and O–H groups in total. The fourth-order valence-corrected chi connectivity index (χ4v) is 1.84. The van der Waals surface area contributed by atoms with Crippen LogP contribution in [0.1, 0.15) is 24.8 Å². The number of hydrogen-bond acceptors (Lipinski definition) is 1. The predicted octanol–water partition coefficient (Wildman–Crippen LogP) is 2.98. The Morgan fingerprint density at radius 3 is 2.67 bits per heavy atom. The second-order valence-corrected chi connectivity index (χ2v) is 3.97. The Bertz CT molecular complexity index is 323. The van der Waals surface area contributed by atoms with Gasteiger partial charge in [-0.2, -0.15) is 0 Å². The molecule has 1 saturated heterocycles. The molecular weight excluding hydrogens is 189 g/mol. The second-order valence-electron chi connectivity index (χ2n) is 3.97. The number of nitrogens with one attached hydrogen (secondary N) is 1.